The van der Waals surface area contributed by atoms with Gasteiger partial charge in [-0.1, -0.05) is 74.5 Å². The van der Waals surface area contributed by atoms with Crippen LogP contribution in [0.15, 0.2) is 66.2 Å². The smallest absolute Gasteiger partial charge is 0.245 e. The predicted molar refractivity (Wildman–Crippen MR) is 198 cm³/mol. The average molecular weight is 732 g/mol. The van der Waals surface area contributed by atoms with E-state index in [0.29, 0.717) is 12.0 Å². The summed E-state index contributed by atoms with van der Waals surface area (Å²) in [5, 5.41) is 11.3. The zero-order chi connectivity index (χ0) is 37.9. The standard InChI is InChI=1S/C38H49N7O6S/c1-23(2)34-37(50)40-25(4)35(48)42-30(28-15-11-8-12-16-28)20-45(33(47)18-17-31-24(3)39-22-52-31)21-32(46)41-29(19-27-13-9-7-10-14-27)38(51)44(6)26(5)36(49)43-34/h7-16,22-23,25-26,29-30,34H,17-21H2,1-6H3,(H,40,50)(H,41,46)(H,42,48)(H,43,49)/t25-,26-,29-,30-,34+/m0/s1. The first-order chi connectivity index (χ1) is 24.7. The molecule has 0 aliphatic carbocycles. The highest BCUT2D eigenvalue weighted by atomic mass is 32.1. The van der Waals surface area contributed by atoms with E-state index in [1.54, 1.807) is 43.6 Å². The molecule has 4 N–H and O–H groups in total. The van der Waals surface area contributed by atoms with Crippen molar-refractivity contribution in [1.29, 1.82) is 0 Å². The number of nitrogens with zero attached hydrogens (tertiary/aromatic N) is 3. The predicted octanol–water partition coefficient (Wildman–Crippen LogP) is 2.30. The third kappa shape index (κ3) is 10.7. The Labute approximate surface area is 308 Å². The summed E-state index contributed by atoms with van der Waals surface area (Å²) < 4.78 is 0. The van der Waals surface area contributed by atoms with Crippen molar-refractivity contribution < 1.29 is 28.8 Å². The second kappa shape index (κ2) is 18.4. The summed E-state index contributed by atoms with van der Waals surface area (Å²) in [5.74, 6) is -3.44. The molecule has 6 amide bonds. The molecular formula is C38H49N7O6S. The quantitative estimate of drug-likeness (QED) is 0.289. The van der Waals surface area contributed by atoms with Crippen LogP contribution in [0.2, 0.25) is 0 Å². The van der Waals surface area contributed by atoms with Crippen LogP contribution in [0.5, 0.6) is 0 Å². The van der Waals surface area contributed by atoms with E-state index in [1.165, 1.54) is 42.0 Å². The van der Waals surface area contributed by atoms with Gasteiger partial charge >= 0.3 is 0 Å². The van der Waals surface area contributed by atoms with Crippen molar-refractivity contribution in [1.82, 2.24) is 36.1 Å². The van der Waals surface area contributed by atoms with Gasteiger partial charge in [-0.2, -0.15) is 0 Å². The molecule has 1 saturated heterocycles. The first-order valence-electron chi connectivity index (χ1n) is 17.5. The Kier molecular flexibility index (Phi) is 14.0. The Morgan fingerprint density at radius 3 is 2.15 bits per heavy atom. The number of aromatic nitrogens is 1. The Morgan fingerprint density at radius 1 is 0.885 bits per heavy atom. The molecular weight excluding hydrogens is 683 g/mol. The lowest BCUT2D eigenvalue weighted by molar-refractivity contribution is -0.143. The minimum atomic E-state index is -1.08. The van der Waals surface area contributed by atoms with Gasteiger partial charge in [0.05, 0.1) is 23.8 Å². The van der Waals surface area contributed by atoms with Gasteiger partial charge < -0.3 is 31.1 Å². The summed E-state index contributed by atoms with van der Waals surface area (Å²) in [4.78, 5) is 90.3. The molecule has 0 bridgehead atoms. The number of amides is 6. The molecule has 0 spiro atoms. The summed E-state index contributed by atoms with van der Waals surface area (Å²) in [7, 11) is 1.47. The number of rotatable bonds is 7. The molecule has 52 heavy (non-hydrogen) atoms. The topological polar surface area (TPSA) is 170 Å². The highest BCUT2D eigenvalue weighted by Gasteiger charge is 2.35. The maximum absolute atomic E-state index is 14.0. The van der Waals surface area contributed by atoms with Crippen molar-refractivity contribution in [3.63, 3.8) is 0 Å². The number of thiazole rings is 1. The molecule has 1 aliphatic rings. The number of carbonyl (C=O) groups excluding carboxylic acids is 6. The van der Waals surface area contributed by atoms with Crippen LogP contribution < -0.4 is 21.3 Å². The Bertz CT molecular complexity index is 1720. The van der Waals surface area contributed by atoms with Gasteiger partial charge in [-0.25, -0.2) is 4.98 Å². The van der Waals surface area contributed by atoms with Crippen molar-refractivity contribution >= 4 is 46.8 Å². The minimum absolute atomic E-state index is 0.0662. The third-order valence-corrected chi connectivity index (χ3v) is 10.2. The Morgan fingerprint density at radius 2 is 1.54 bits per heavy atom. The molecule has 13 nitrogen and oxygen atoms in total. The maximum Gasteiger partial charge on any atom is 0.245 e. The van der Waals surface area contributed by atoms with Gasteiger partial charge in [0.15, 0.2) is 0 Å². The molecule has 2 heterocycles. The first-order valence-corrected chi connectivity index (χ1v) is 18.4. The average Bonchev–Trinajstić information content (AvgIpc) is 3.54. The highest BCUT2D eigenvalue weighted by Crippen LogP contribution is 2.19. The van der Waals surface area contributed by atoms with Crippen LogP contribution in [0.25, 0.3) is 0 Å². The van der Waals surface area contributed by atoms with Crippen molar-refractivity contribution in [2.24, 2.45) is 5.92 Å². The van der Waals surface area contributed by atoms with Crippen LogP contribution in [-0.4, -0.2) is 94.5 Å². The van der Waals surface area contributed by atoms with Crippen LogP contribution in [0.4, 0.5) is 0 Å². The molecule has 1 aliphatic heterocycles. The molecule has 1 fully saturated rings. The molecule has 3 aromatic rings. The second-order valence-corrected chi connectivity index (χ2v) is 14.4. The second-order valence-electron chi connectivity index (χ2n) is 13.5. The van der Waals surface area contributed by atoms with Crippen molar-refractivity contribution in [2.45, 2.75) is 84.1 Å². The van der Waals surface area contributed by atoms with Gasteiger partial charge in [0.1, 0.15) is 24.2 Å². The summed E-state index contributed by atoms with van der Waals surface area (Å²) in [6.45, 7) is 7.99. The first kappa shape index (κ1) is 39.7. The van der Waals surface area contributed by atoms with E-state index in [0.717, 1.165) is 16.1 Å². The summed E-state index contributed by atoms with van der Waals surface area (Å²) in [5.41, 5.74) is 4.00. The fourth-order valence-electron chi connectivity index (χ4n) is 5.89. The number of carbonyl (C=O) groups is 6. The van der Waals surface area contributed by atoms with Crippen molar-refractivity contribution in [3.05, 3.63) is 87.9 Å². The summed E-state index contributed by atoms with van der Waals surface area (Å²) in [6.07, 6.45) is 0.618. The van der Waals surface area contributed by atoms with Crippen LogP contribution in [-0.2, 0) is 41.6 Å². The highest BCUT2D eigenvalue weighted by molar-refractivity contribution is 7.09. The van der Waals surface area contributed by atoms with Crippen molar-refractivity contribution in [3.8, 4) is 0 Å². The number of likely N-dealkylation sites (N-methyl/N-ethyl adjacent to an activating group) is 1. The van der Waals surface area contributed by atoms with E-state index >= 15 is 0 Å². The van der Waals surface area contributed by atoms with E-state index in [-0.39, 0.29) is 31.2 Å². The Hall–Kier alpha value is -5.11. The minimum Gasteiger partial charge on any atom is -0.346 e. The van der Waals surface area contributed by atoms with E-state index < -0.39 is 66.3 Å². The molecule has 0 unspecified atom stereocenters. The lowest BCUT2D eigenvalue weighted by Crippen LogP contribution is -2.59. The number of nitrogens with one attached hydrogen (secondary N) is 4. The van der Waals surface area contributed by atoms with Gasteiger partial charge in [-0.3, -0.25) is 28.8 Å². The summed E-state index contributed by atoms with van der Waals surface area (Å²) >= 11 is 1.45. The fraction of sp³-hybridized carbons (Fsp3) is 0.447. The van der Waals surface area contributed by atoms with Crippen LogP contribution in [0.3, 0.4) is 0 Å². The number of aryl methyl sites for hydroxylation is 2. The fourth-order valence-corrected chi connectivity index (χ4v) is 6.67. The molecule has 14 heteroatoms. The molecule has 4 rings (SSSR count). The number of benzene rings is 2. The van der Waals surface area contributed by atoms with E-state index in [9.17, 15) is 28.8 Å². The number of hydrogen-bond acceptors (Lipinski definition) is 8. The van der Waals surface area contributed by atoms with E-state index in [1.807, 2.05) is 43.3 Å². The number of hydrogen-bond donors (Lipinski definition) is 4. The SMILES string of the molecule is Cc1ncsc1CCC(=O)N1CC(=O)N[C@@H](Cc2ccccc2)C(=O)N(C)[C@@H](C)C(=O)N[C@H](C(C)C)C(=O)N[C@@H](C)C(=O)N[C@H](c2ccccc2)C1. The van der Waals surface area contributed by atoms with E-state index in [2.05, 4.69) is 26.3 Å². The molecule has 0 saturated carbocycles. The van der Waals surface area contributed by atoms with Gasteiger partial charge in [-0.05, 0) is 44.2 Å². The molecule has 1 aromatic heterocycles. The normalized spacial score (nSPS) is 22.9. The van der Waals surface area contributed by atoms with Gasteiger partial charge in [0.2, 0.25) is 35.4 Å². The van der Waals surface area contributed by atoms with Gasteiger partial charge in [0.25, 0.3) is 0 Å². The third-order valence-electron chi connectivity index (χ3n) is 9.24. The lowest BCUT2D eigenvalue weighted by atomic mass is 10.0. The van der Waals surface area contributed by atoms with Crippen LogP contribution in [0.1, 0.15) is 61.9 Å². The van der Waals surface area contributed by atoms with Crippen LogP contribution in [0, 0.1) is 12.8 Å². The van der Waals surface area contributed by atoms with Crippen LogP contribution >= 0.6 is 11.3 Å². The maximum atomic E-state index is 14.0. The Balaban J connectivity index is 1.74. The largest absolute Gasteiger partial charge is 0.346 e. The lowest BCUT2D eigenvalue weighted by Gasteiger charge is -2.33. The van der Waals surface area contributed by atoms with Gasteiger partial charge in [0, 0.05) is 31.3 Å². The molecule has 2 aromatic carbocycles. The zero-order valence-corrected chi connectivity index (χ0v) is 31.4. The summed E-state index contributed by atoms with van der Waals surface area (Å²) in [6, 6.07) is 13.3. The zero-order valence-electron chi connectivity index (χ0n) is 30.5. The monoisotopic (exact) mass is 731 g/mol. The molecule has 5 atom stereocenters. The van der Waals surface area contributed by atoms with Gasteiger partial charge in [-0.15, -0.1) is 11.3 Å². The van der Waals surface area contributed by atoms with Crippen molar-refractivity contribution in [2.75, 3.05) is 20.1 Å². The molecule has 0 radical (unpaired) electrons. The molecule has 278 valence electrons. The van der Waals surface area contributed by atoms with E-state index in [4.69, 9.17) is 0 Å².